The summed E-state index contributed by atoms with van der Waals surface area (Å²) < 4.78 is 0. The molecular formula is C16H21N5. The van der Waals surface area contributed by atoms with Gasteiger partial charge >= 0.3 is 0 Å². The number of anilines is 4. The summed E-state index contributed by atoms with van der Waals surface area (Å²) in [5.74, 6) is 1.54. The monoisotopic (exact) mass is 283 g/mol. The molecular weight excluding hydrogens is 262 g/mol. The van der Waals surface area contributed by atoms with Gasteiger partial charge < -0.3 is 15.5 Å². The maximum absolute atomic E-state index is 6.07. The van der Waals surface area contributed by atoms with Crippen LogP contribution in [0.2, 0.25) is 0 Å². The minimum atomic E-state index is 0.596. The highest BCUT2D eigenvalue weighted by molar-refractivity contribution is 5.79. The van der Waals surface area contributed by atoms with Crippen molar-refractivity contribution in [1.29, 1.82) is 0 Å². The fraction of sp³-hybridized carbons (Fsp3) is 0.375. The maximum Gasteiger partial charge on any atom is 0.141 e. The quantitative estimate of drug-likeness (QED) is 0.938. The highest BCUT2D eigenvalue weighted by Crippen LogP contribution is 2.38. The minimum Gasteiger partial charge on any atom is -0.383 e. The lowest BCUT2D eigenvalue weighted by molar-refractivity contribution is 0.799. The Hall–Kier alpha value is -2.30. The second-order valence-electron chi connectivity index (χ2n) is 5.37. The molecule has 0 unspecified atom stereocenters. The zero-order valence-corrected chi connectivity index (χ0v) is 12.6. The van der Waals surface area contributed by atoms with Crippen LogP contribution in [0.4, 0.5) is 23.0 Å². The lowest BCUT2D eigenvalue weighted by atomic mass is 10.1. The second-order valence-corrected chi connectivity index (χ2v) is 5.37. The Morgan fingerprint density at radius 1 is 1.14 bits per heavy atom. The first-order valence-corrected chi connectivity index (χ1v) is 7.39. The van der Waals surface area contributed by atoms with Crippen LogP contribution in [0.1, 0.15) is 18.9 Å². The summed E-state index contributed by atoms with van der Waals surface area (Å²) in [4.78, 5) is 13.2. The Kier molecular flexibility index (Phi) is 3.64. The summed E-state index contributed by atoms with van der Waals surface area (Å²) in [6, 6.07) is 8.42. The van der Waals surface area contributed by atoms with Gasteiger partial charge in [-0.05, 0) is 18.6 Å². The predicted molar refractivity (Wildman–Crippen MR) is 87.2 cm³/mol. The summed E-state index contributed by atoms with van der Waals surface area (Å²) >= 11 is 0. The molecule has 0 saturated carbocycles. The van der Waals surface area contributed by atoms with Gasteiger partial charge in [-0.2, -0.15) is 0 Å². The predicted octanol–water partition coefficient (Wildman–Crippen LogP) is 2.60. The first kappa shape index (κ1) is 13.7. The number of rotatable bonds is 3. The summed E-state index contributed by atoms with van der Waals surface area (Å²) in [5, 5.41) is 0. The van der Waals surface area contributed by atoms with Crippen LogP contribution in [0, 0.1) is 0 Å². The zero-order valence-electron chi connectivity index (χ0n) is 12.6. The van der Waals surface area contributed by atoms with Crippen molar-refractivity contribution in [3.05, 3.63) is 36.2 Å². The standard InChI is InChI=1S/C16H21N5/c1-3-6-12-15(17)18-11-19-16(12)21-10-9-20(2)13-7-4-5-8-14(13)21/h4-5,7-8,11H,3,6,9-10H2,1-2H3,(H2,17,18,19). The highest BCUT2D eigenvalue weighted by Gasteiger charge is 2.24. The van der Waals surface area contributed by atoms with Crippen molar-refractivity contribution >= 4 is 23.0 Å². The van der Waals surface area contributed by atoms with Gasteiger partial charge in [0.1, 0.15) is 18.0 Å². The smallest absolute Gasteiger partial charge is 0.141 e. The third-order valence-corrected chi connectivity index (χ3v) is 3.95. The van der Waals surface area contributed by atoms with E-state index in [0.717, 1.165) is 37.3 Å². The van der Waals surface area contributed by atoms with Gasteiger partial charge in [0.25, 0.3) is 0 Å². The Labute approximate surface area is 125 Å². The summed E-state index contributed by atoms with van der Waals surface area (Å²) in [5.41, 5.74) is 9.54. The average molecular weight is 283 g/mol. The van der Waals surface area contributed by atoms with Crippen LogP contribution in [0.25, 0.3) is 0 Å². The number of nitrogen functional groups attached to an aromatic ring is 1. The average Bonchev–Trinajstić information content (AvgIpc) is 2.51. The van der Waals surface area contributed by atoms with Crippen molar-refractivity contribution in [3.63, 3.8) is 0 Å². The van der Waals surface area contributed by atoms with E-state index in [1.807, 2.05) is 0 Å². The van der Waals surface area contributed by atoms with E-state index >= 15 is 0 Å². The van der Waals surface area contributed by atoms with E-state index < -0.39 is 0 Å². The van der Waals surface area contributed by atoms with Gasteiger partial charge in [-0.1, -0.05) is 25.5 Å². The number of aromatic nitrogens is 2. The molecule has 0 amide bonds. The Morgan fingerprint density at radius 3 is 2.67 bits per heavy atom. The van der Waals surface area contributed by atoms with Gasteiger partial charge in [-0.25, -0.2) is 9.97 Å². The van der Waals surface area contributed by atoms with E-state index in [9.17, 15) is 0 Å². The van der Waals surface area contributed by atoms with E-state index in [0.29, 0.717) is 5.82 Å². The number of nitrogens with two attached hydrogens (primary N) is 1. The van der Waals surface area contributed by atoms with Crippen molar-refractivity contribution in [2.75, 3.05) is 35.7 Å². The molecule has 3 rings (SSSR count). The van der Waals surface area contributed by atoms with Crippen LogP contribution in [0.5, 0.6) is 0 Å². The lowest BCUT2D eigenvalue weighted by Gasteiger charge is -2.37. The molecule has 1 aromatic carbocycles. The molecule has 5 heteroatoms. The largest absolute Gasteiger partial charge is 0.383 e. The number of likely N-dealkylation sites (N-methyl/N-ethyl adjacent to an activating group) is 1. The fourth-order valence-electron chi connectivity index (χ4n) is 2.86. The maximum atomic E-state index is 6.07. The minimum absolute atomic E-state index is 0.596. The number of hydrogen-bond donors (Lipinski definition) is 1. The number of para-hydroxylation sites is 2. The molecule has 0 fully saturated rings. The Morgan fingerprint density at radius 2 is 1.90 bits per heavy atom. The van der Waals surface area contributed by atoms with E-state index in [1.54, 1.807) is 6.33 Å². The number of nitrogens with zero attached hydrogens (tertiary/aromatic N) is 4. The molecule has 0 bridgehead atoms. The van der Waals surface area contributed by atoms with Gasteiger partial charge in [0.15, 0.2) is 0 Å². The van der Waals surface area contributed by atoms with Gasteiger partial charge in [0.2, 0.25) is 0 Å². The van der Waals surface area contributed by atoms with Gasteiger partial charge in [-0.15, -0.1) is 0 Å². The van der Waals surface area contributed by atoms with E-state index in [1.165, 1.54) is 11.4 Å². The third kappa shape index (κ3) is 2.39. The molecule has 2 heterocycles. The third-order valence-electron chi connectivity index (χ3n) is 3.95. The highest BCUT2D eigenvalue weighted by atomic mass is 15.3. The van der Waals surface area contributed by atoms with Gasteiger partial charge in [0, 0.05) is 25.7 Å². The molecule has 0 saturated heterocycles. The fourth-order valence-corrected chi connectivity index (χ4v) is 2.86. The van der Waals surface area contributed by atoms with E-state index in [2.05, 4.69) is 58.0 Å². The molecule has 1 aliphatic rings. The number of fused-ring (bicyclic) bond motifs is 1. The molecule has 0 aliphatic carbocycles. The summed E-state index contributed by atoms with van der Waals surface area (Å²) in [7, 11) is 2.12. The molecule has 2 aromatic rings. The normalized spacial score (nSPS) is 14.2. The van der Waals surface area contributed by atoms with Gasteiger partial charge in [0.05, 0.1) is 11.4 Å². The molecule has 0 spiro atoms. The first-order chi connectivity index (χ1) is 10.2. The Bertz CT molecular complexity index is 640. The Balaban J connectivity index is 2.10. The molecule has 1 aromatic heterocycles. The molecule has 5 nitrogen and oxygen atoms in total. The summed E-state index contributed by atoms with van der Waals surface area (Å²) in [6.07, 6.45) is 3.49. The molecule has 0 atom stereocenters. The second kappa shape index (κ2) is 5.60. The van der Waals surface area contributed by atoms with Crippen LogP contribution in [-0.2, 0) is 6.42 Å². The molecule has 2 N–H and O–H groups in total. The summed E-state index contributed by atoms with van der Waals surface area (Å²) in [6.45, 7) is 4.02. The van der Waals surface area contributed by atoms with Crippen LogP contribution in [-0.4, -0.2) is 30.1 Å². The van der Waals surface area contributed by atoms with Crippen molar-refractivity contribution in [2.45, 2.75) is 19.8 Å². The number of hydrogen-bond acceptors (Lipinski definition) is 5. The van der Waals surface area contributed by atoms with Crippen molar-refractivity contribution in [1.82, 2.24) is 9.97 Å². The molecule has 1 aliphatic heterocycles. The van der Waals surface area contributed by atoms with Crippen molar-refractivity contribution in [2.24, 2.45) is 0 Å². The van der Waals surface area contributed by atoms with Crippen LogP contribution < -0.4 is 15.5 Å². The van der Waals surface area contributed by atoms with Crippen LogP contribution in [0.3, 0.4) is 0 Å². The van der Waals surface area contributed by atoms with E-state index in [4.69, 9.17) is 5.73 Å². The zero-order chi connectivity index (χ0) is 14.8. The first-order valence-electron chi connectivity index (χ1n) is 7.39. The number of benzene rings is 1. The lowest BCUT2D eigenvalue weighted by Crippen LogP contribution is -2.37. The van der Waals surface area contributed by atoms with Crippen molar-refractivity contribution in [3.8, 4) is 0 Å². The van der Waals surface area contributed by atoms with Crippen LogP contribution >= 0.6 is 0 Å². The van der Waals surface area contributed by atoms with Crippen molar-refractivity contribution < 1.29 is 0 Å². The van der Waals surface area contributed by atoms with E-state index in [-0.39, 0.29) is 0 Å². The van der Waals surface area contributed by atoms with Crippen LogP contribution in [0.15, 0.2) is 30.6 Å². The topological polar surface area (TPSA) is 58.3 Å². The van der Waals surface area contributed by atoms with Gasteiger partial charge in [-0.3, -0.25) is 0 Å². The molecule has 21 heavy (non-hydrogen) atoms. The SMILES string of the molecule is CCCc1c(N)ncnc1N1CCN(C)c2ccccc21. The molecule has 110 valence electrons. The molecule has 0 radical (unpaired) electrons.